The Balaban J connectivity index is 1.17. The van der Waals surface area contributed by atoms with Gasteiger partial charge < -0.3 is 13.9 Å². The third-order valence-corrected chi connectivity index (χ3v) is 15.7. The molecule has 0 aliphatic carbocycles. The van der Waals surface area contributed by atoms with Gasteiger partial charge in [-0.1, -0.05) is 211 Å². The Bertz CT molecular complexity index is 4140. The van der Waals surface area contributed by atoms with Crippen molar-refractivity contribution in [3.8, 4) is 50.2 Å². The third-order valence-electron chi connectivity index (χ3n) is 15.7. The average molecular weight is 925 g/mol. The molecular weight excluding hydrogens is 872 g/mol. The van der Waals surface area contributed by atoms with Crippen LogP contribution in [0.5, 0.6) is 0 Å². The summed E-state index contributed by atoms with van der Waals surface area (Å²) in [4.78, 5) is 2.61. The van der Waals surface area contributed by atoms with Crippen LogP contribution >= 0.6 is 0 Å². The van der Waals surface area contributed by atoms with Crippen molar-refractivity contribution >= 4 is 83.9 Å². The molecule has 2 aromatic heterocycles. The van der Waals surface area contributed by atoms with Gasteiger partial charge in [0, 0.05) is 49.7 Å². The van der Waals surface area contributed by atoms with Crippen LogP contribution in [0.15, 0.2) is 217 Å². The summed E-state index contributed by atoms with van der Waals surface area (Å²) in [6.45, 7) is 13.9. The number of hydrogen-bond donors (Lipinski definition) is 0. The zero-order valence-electron chi connectivity index (χ0n) is 41.6. The summed E-state index contributed by atoms with van der Waals surface area (Å²) in [5.41, 5.74) is 24.9. The number of furan rings is 1. The number of para-hydroxylation sites is 2. The van der Waals surface area contributed by atoms with E-state index in [0.29, 0.717) is 0 Å². The van der Waals surface area contributed by atoms with E-state index in [2.05, 4.69) is 263 Å². The summed E-state index contributed by atoms with van der Waals surface area (Å²) in [7, 11) is 0. The lowest BCUT2D eigenvalue weighted by atomic mass is 9.33. The molecule has 72 heavy (non-hydrogen) atoms. The minimum absolute atomic E-state index is 0.0535. The molecule has 0 amide bonds. The lowest BCUT2D eigenvalue weighted by molar-refractivity contribution is 0.569. The Morgan fingerprint density at radius 2 is 0.972 bits per heavy atom. The topological polar surface area (TPSA) is 21.3 Å². The van der Waals surface area contributed by atoms with Gasteiger partial charge in [-0.05, 0) is 120 Å². The van der Waals surface area contributed by atoms with Crippen LogP contribution in [-0.4, -0.2) is 11.3 Å². The van der Waals surface area contributed by atoms with Gasteiger partial charge in [-0.15, -0.1) is 0 Å². The van der Waals surface area contributed by atoms with Gasteiger partial charge in [0.2, 0.25) is 0 Å². The van der Waals surface area contributed by atoms with Crippen LogP contribution in [0.25, 0.3) is 93.9 Å². The number of anilines is 3. The Hall–Kier alpha value is -8.34. The molecule has 2 aliphatic rings. The van der Waals surface area contributed by atoms with Crippen molar-refractivity contribution in [2.45, 2.75) is 52.4 Å². The molecule has 0 atom stereocenters. The second kappa shape index (κ2) is 15.6. The van der Waals surface area contributed by atoms with Crippen LogP contribution in [0.2, 0.25) is 0 Å². The van der Waals surface area contributed by atoms with Crippen molar-refractivity contribution in [2.24, 2.45) is 0 Å². The van der Waals surface area contributed by atoms with Crippen molar-refractivity contribution in [3.63, 3.8) is 0 Å². The van der Waals surface area contributed by atoms with E-state index in [4.69, 9.17) is 4.42 Å². The van der Waals surface area contributed by atoms with Gasteiger partial charge in [-0.2, -0.15) is 0 Å². The molecule has 0 saturated heterocycles. The highest BCUT2D eigenvalue weighted by Gasteiger charge is 2.45. The van der Waals surface area contributed by atoms with Gasteiger partial charge >= 0.3 is 0 Å². The van der Waals surface area contributed by atoms with Crippen molar-refractivity contribution in [2.75, 3.05) is 4.90 Å². The van der Waals surface area contributed by atoms with Gasteiger partial charge in [0.1, 0.15) is 11.2 Å². The molecule has 12 aromatic rings. The Morgan fingerprint density at radius 3 is 1.68 bits per heavy atom. The maximum Gasteiger partial charge on any atom is 0.253 e. The zero-order valence-corrected chi connectivity index (χ0v) is 41.6. The number of benzene rings is 10. The first kappa shape index (κ1) is 42.5. The average Bonchev–Trinajstić information content (AvgIpc) is 3.94. The molecule has 4 heteroatoms. The molecule has 0 unspecified atom stereocenters. The highest BCUT2D eigenvalue weighted by Crippen LogP contribution is 2.49. The fourth-order valence-electron chi connectivity index (χ4n) is 12.0. The minimum Gasteiger partial charge on any atom is -0.456 e. The lowest BCUT2D eigenvalue weighted by Gasteiger charge is -2.42. The number of nitrogens with zero attached hydrogens (tertiary/aromatic N) is 2. The second-order valence-electron chi connectivity index (χ2n) is 22.1. The van der Waals surface area contributed by atoms with Crippen LogP contribution in [0.4, 0.5) is 17.1 Å². The predicted molar refractivity (Wildman–Crippen MR) is 307 cm³/mol. The molecule has 3 nitrogen and oxygen atoms in total. The van der Waals surface area contributed by atoms with E-state index in [1.54, 1.807) is 0 Å². The molecule has 0 spiro atoms. The first-order valence-electron chi connectivity index (χ1n) is 25.4. The van der Waals surface area contributed by atoms with E-state index in [-0.39, 0.29) is 17.5 Å². The first-order valence-corrected chi connectivity index (χ1v) is 25.4. The van der Waals surface area contributed by atoms with E-state index >= 15 is 0 Å². The summed E-state index contributed by atoms with van der Waals surface area (Å²) >= 11 is 0. The Morgan fingerprint density at radius 1 is 0.361 bits per heavy atom. The van der Waals surface area contributed by atoms with E-state index in [1.165, 1.54) is 105 Å². The molecule has 4 heterocycles. The smallest absolute Gasteiger partial charge is 0.253 e. The maximum atomic E-state index is 6.89. The molecule has 0 bridgehead atoms. The van der Waals surface area contributed by atoms with E-state index in [0.717, 1.165) is 33.3 Å². The van der Waals surface area contributed by atoms with Gasteiger partial charge in [0.25, 0.3) is 6.71 Å². The third kappa shape index (κ3) is 6.44. The number of hydrogen-bond acceptors (Lipinski definition) is 2. The Kier molecular flexibility index (Phi) is 9.21. The van der Waals surface area contributed by atoms with Crippen LogP contribution in [0.1, 0.15) is 52.7 Å². The van der Waals surface area contributed by atoms with Crippen LogP contribution in [-0.2, 0) is 10.8 Å². The summed E-state index contributed by atoms with van der Waals surface area (Å²) in [5.74, 6) is 0. The van der Waals surface area contributed by atoms with Crippen LogP contribution in [0.3, 0.4) is 0 Å². The van der Waals surface area contributed by atoms with E-state index < -0.39 is 0 Å². The first-order chi connectivity index (χ1) is 35.0. The van der Waals surface area contributed by atoms with Gasteiger partial charge in [-0.3, -0.25) is 0 Å². The minimum atomic E-state index is -0.142. The molecule has 0 N–H and O–H groups in total. The highest BCUT2D eigenvalue weighted by molar-refractivity contribution is 7.01. The second-order valence-corrected chi connectivity index (χ2v) is 22.1. The Labute approximate surface area is 421 Å². The fraction of sp³-hybridized carbons (Fsp3) is 0.118. The van der Waals surface area contributed by atoms with Crippen LogP contribution < -0.4 is 21.3 Å². The van der Waals surface area contributed by atoms with E-state index in [1.807, 2.05) is 0 Å². The summed E-state index contributed by atoms with van der Waals surface area (Å²) in [6.07, 6.45) is 0. The highest BCUT2D eigenvalue weighted by atomic mass is 16.3. The molecule has 2 aliphatic heterocycles. The molecule has 0 fully saturated rings. The summed E-state index contributed by atoms with van der Waals surface area (Å²) in [5, 5.41) is 4.72. The number of aromatic nitrogens is 1. The van der Waals surface area contributed by atoms with Gasteiger partial charge in [-0.25, -0.2) is 0 Å². The fourth-order valence-corrected chi connectivity index (χ4v) is 12.0. The number of fused-ring (bicyclic) bond motifs is 10. The molecule has 0 radical (unpaired) electrons. The largest absolute Gasteiger partial charge is 0.456 e. The maximum absolute atomic E-state index is 6.89. The molecule has 10 aromatic carbocycles. The van der Waals surface area contributed by atoms with Gasteiger partial charge in [0.15, 0.2) is 0 Å². The van der Waals surface area contributed by atoms with Crippen molar-refractivity contribution in [1.29, 1.82) is 0 Å². The van der Waals surface area contributed by atoms with Gasteiger partial charge in [0.05, 0.1) is 11.2 Å². The van der Waals surface area contributed by atoms with E-state index in [9.17, 15) is 0 Å². The molecule has 14 rings (SSSR count). The zero-order chi connectivity index (χ0) is 48.6. The standard InChI is InChI=1S/C68H53BN2O/c1-67(2,3)48-34-47(35-49(39-48)68(4,5)6)50-26-16-18-28-57(50)70-59-40-55-53-27-17-19-29-62(53)72-63(55)41-56(59)69-64-51(44-24-14-9-15-25-44)32-33-54-52-31-30-45(42-20-10-7-11-21-42)36-58(52)71(66(54)64)61-38-46(37-60(70)65(61)69)43-22-12-8-13-23-43/h7-41H,1-6H3. The molecule has 0 saturated carbocycles. The van der Waals surface area contributed by atoms with Crippen molar-refractivity contribution < 1.29 is 4.42 Å². The normalized spacial score (nSPS) is 13.1. The summed E-state index contributed by atoms with van der Waals surface area (Å²) in [6, 6.07) is 79.4. The van der Waals surface area contributed by atoms with Crippen molar-refractivity contribution in [1.82, 2.24) is 4.57 Å². The lowest BCUT2D eigenvalue weighted by Crippen LogP contribution is -2.61. The monoisotopic (exact) mass is 924 g/mol. The van der Waals surface area contributed by atoms with Crippen molar-refractivity contribution in [3.05, 3.63) is 223 Å². The summed E-state index contributed by atoms with van der Waals surface area (Å²) < 4.78 is 9.51. The van der Waals surface area contributed by atoms with Crippen LogP contribution in [0, 0.1) is 0 Å². The molecular formula is C68H53BN2O. The SMILES string of the molecule is CC(C)(C)c1cc(-c2ccccc2N2c3cc4c(cc3B3c5c2cc(-c2ccccc2)cc5-n2c5cc(-c6ccccc6)ccc5c5ccc(-c6ccccc6)c3c52)oc2ccccc24)cc(C(C)(C)C)c1. The molecule has 344 valence electrons. The number of rotatable bonds is 5. The quantitative estimate of drug-likeness (QED) is 0.160. The predicted octanol–water partition coefficient (Wildman–Crippen LogP) is 16.6.